The largest absolute Gasteiger partial charge is 0.494 e. The quantitative estimate of drug-likeness (QED) is 0.691. The molecule has 1 rings (SSSR count). The minimum Gasteiger partial charge on any atom is -0.494 e. The minimum atomic E-state index is 0.720. The Morgan fingerprint density at radius 3 is 2.29 bits per heavy atom. The van der Waals surface area contributed by atoms with Gasteiger partial charge in [0.2, 0.25) is 0 Å². The van der Waals surface area contributed by atoms with Gasteiger partial charge < -0.3 is 4.74 Å². The van der Waals surface area contributed by atoms with E-state index in [4.69, 9.17) is 4.74 Å². The molecule has 0 N–H and O–H groups in total. The lowest BCUT2D eigenvalue weighted by Gasteiger charge is -2.07. The molecule has 0 saturated carbocycles. The van der Waals surface area contributed by atoms with E-state index >= 15 is 0 Å². The molecule has 1 heteroatoms. The summed E-state index contributed by atoms with van der Waals surface area (Å²) in [6, 6.07) is 8.44. The molecule has 0 unspecified atom stereocenters. The van der Waals surface area contributed by atoms with Crippen LogP contribution in [-0.4, -0.2) is 6.61 Å². The van der Waals surface area contributed by atoms with Crippen LogP contribution in [0.5, 0.6) is 5.75 Å². The lowest BCUT2D eigenvalue weighted by Crippen LogP contribution is -1.96. The first-order valence-electron chi connectivity index (χ1n) is 5.44. The van der Waals surface area contributed by atoms with Crippen molar-refractivity contribution in [1.29, 1.82) is 0 Å². The van der Waals surface area contributed by atoms with E-state index in [-0.39, 0.29) is 0 Å². The third-order valence-electron chi connectivity index (χ3n) is 2.04. The van der Waals surface area contributed by atoms with Gasteiger partial charge in [0.25, 0.3) is 0 Å². The van der Waals surface area contributed by atoms with Crippen LogP contribution < -0.4 is 4.74 Å². The van der Waals surface area contributed by atoms with Crippen LogP contribution >= 0.6 is 0 Å². The fraction of sp³-hybridized carbons (Fsp3) is 0.538. The SMILES string of the molecule is CCCOc1ccc(CC(C)C)cc1. The van der Waals surface area contributed by atoms with Gasteiger partial charge in [-0.05, 0) is 36.5 Å². The summed E-state index contributed by atoms with van der Waals surface area (Å²) in [5.41, 5.74) is 1.39. The van der Waals surface area contributed by atoms with Gasteiger partial charge in [-0.1, -0.05) is 32.9 Å². The Bertz CT molecular complexity index is 248. The van der Waals surface area contributed by atoms with Gasteiger partial charge in [0, 0.05) is 0 Å². The fourth-order valence-corrected chi connectivity index (χ4v) is 1.41. The van der Waals surface area contributed by atoms with Gasteiger partial charge in [-0.2, -0.15) is 0 Å². The van der Waals surface area contributed by atoms with E-state index in [1.165, 1.54) is 5.56 Å². The molecule has 0 heterocycles. The van der Waals surface area contributed by atoms with Crippen LogP contribution in [0.3, 0.4) is 0 Å². The standard InChI is InChI=1S/C13H20O/c1-4-9-14-13-7-5-12(6-8-13)10-11(2)3/h5-8,11H,4,9-10H2,1-3H3. The molecule has 0 aliphatic heterocycles. The van der Waals surface area contributed by atoms with Crippen LogP contribution in [0.2, 0.25) is 0 Å². The van der Waals surface area contributed by atoms with Gasteiger partial charge in [-0.25, -0.2) is 0 Å². The molecule has 0 saturated heterocycles. The molecule has 78 valence electrons. The maximum atomic E-state index is 5.52. The average Bonchev–Trinajstić information content (AvgIpc) is 2.16. The molecule has 0 atom stereocenters. The molecule has 0 bridgehead atoms. The highest BCUT2D eigenvalue weighted by molar-refractivity contribution is 5.27. The summed E-state index contributed by atoms with van der Waals surface area (Å²) in [5, 5.41) is 0. The number of benzene rings is 1. The molecular formula is C13H20O. The molecule has 0 aliphatic carbocycles. The van der Waals surface area contributed by atoms with Crippen molar-refractivity contribution in [3.8, 4) is 5.75 Å². The second kappa shape index (κ2) is 5.69. The topological polar surface area (TPSA) is 9.23 Å². The summed E-state index contributed by atoms with van der Waals surface area (Å²) >= 11 is 0. The first kappa shape index (κ1) is 11.1. The van der Waals surface area contributed by atoms with E-state index in [0.717, 1.165) is 31.1 Å². The number of hydrogen-bond donors (Lipinski definition) is 0. The summed E-state index contributed by atoms with van der Waals surface area (Å²) < 4.78 is 5.52. The monoisotopic (exact) mass is 192 g/mol. The van der Waals surface area contributed by atoms with E-state index in [0.29, 0.717) is 0 Å². The van der Waals surface area contributed by atoms with E-state index in [9.17, 15) is 0 Å². The highest BCUT2D eigenvalue weighted by Crippen LogP contribution is 2.14. The molecular weight excluding hydrogens is 172 g/mol. The smallest absolute Gasteiger partial charge is 0.119 e. The molecule has 14 heavy (non-hydrogen) atoms. The molecule has 0 amide bonds. The summed E-state index contributed by atoms with van der Waals surface area (Å²) in [6.45, 7) is 7.40. The zero-order valence-electron chi connectivity index (χ0n) is 9.42. The zero-order chi connectivity index (χ0) is 10.4. The molecule has 0 spiro atoms. The Hall–Kier alpha value is -0.980. The molecule has 0 aliphatic rings. The average molecular weight is 192 g/mol. The van der Waals surface area contributed by atoms with Crippen LogP contribution in [0.15, 0.2) is 24.3 Å². The van der Waals surface area contributed by atoms with Gasteiger partial charge >= 0.3 is 0 Å². The molecule has 1 aromatic carbocycles. The predicted molar refractivity (Wildman–Crippen MR) is 60.8 cm³/mol. The summed E-state index contributed by atoms with van der Waals surface area (Å²) in [7, 11) is 0. The lowest BCUT2D eigenvalue weighted by molar-refractivity contribution is 0.317. The maximum absolute atomic E-state index is 5.52. The molecule has 0 radical (unpaired) electrons. The number of ether oxygens (including phenoxy) is 1. The fourth-order valence-electron chi connectivity index (χ4n) is 1.41. The minimum absolute atomic E-state index is 0.720. The Morgan fingerprint density at radius 2 is 1.79 bits per heavy atom. The Labute approximate surface area is 87.1 Å². The lowest BCUT2D eigenvalue weighted by atomic mass is 10.0. The number of hydrogen-bond acceptors (Lipinski definition) is 1. The van der Waals surface area contributed by atoms with Crippen molar-refractivity contribution in [2.75, 3.05) is 6.61 Å². The van der Waals surface area contributed by atoms with Gasteiger partial charge in [0.15, 0.2) is 0 Å². The zero-order valence-corrected chi connectivity index (χ0v) is 9.42. The highest BCUT2D eigenvalue weighted by Gasteiger charge is 1.98. The maximum Gasteiger partial charge on any atom is 0.119 e. The molecule has 0 aromatic heterocycles. The van der Waals surface area contributed by atoms with Crippen molar-refractivity contribution >= 4 is 0 Å². The van der Waals surface area contributed by atoms with Crippen molar-refractivity contribution in [3.63, 3.8) is 0 Å². The first-order valence-corrected chi connectivity index (χ1v) is 5.44. The molecule has 0 fully saturated rings. The van der Waals surface area contributed by atoms with Gasteiger partial charge in [0.05, 0.1) is 6.61 Å². The van der Waals surface area contributed by atoms with Crippen molar-refractivity contribution in [3.05, 3.63) is 29.8 Å². The van der Waals surface area contributed by atoms with Gasteiger partial charge in [-0.15, -0.1) is 0 Å². The van der Waals surface area contributed by atoms with Gasteiger partial charge in [-0.3, -0.25) is 0 Å². The van der Waals surface area contributed by atoms with E-state index in [2.05, 4.69) is 45.0 Å². The molecule has 1 nitrogen and oxygen atoms in total. The number of rotatable bonds is 5. The van der Waals surface area contributed by atoms with Crippen LogP contribution in [-0.2, 0) is 6.42 Å². The summed E-state index contributed by atoms with van der Waals surface area (Å²) in [6.07, 6.45) is 2.21. The predicted octanol–water partition coefficient (Wildman–Crippen LogP) is 3.67. The van der Waals surface area contributed by atoms with Crippen molar-refractivity contribution in [1.82, 2.24) is 0 Å². The summed E-state index contributed by atoms with van der Waals surface area (Å²) in [4.78, 5) is 0. The van der Waals surface area contributed by atoms with Crippen LogP contribution in [0.4, 0.5) is 0 Å². The third kappa shape index (κ3) is 3.82. The second-order valence-corrected chi connectivity index (χ2v) is 4.09. The Kier molecular flexibility index (Phi) is 4.51. The Balaban J connectivity index is 2.50. The highest BCUT2D eigenvalue weighted by atomic mass is 16.5. The van der Waals surface area contributed by atoms with Crippen LogP contribution in [0, 0.1) is 5.92 Å². The summed E-state index contributed by atoms with van der Waals surface area (Å²) in [5.74, 6) is 1.71. The first-order chi connectivity index (χ1) is 6.72. The van der Waals surface area contributed by atoms with Crippen molar-refractivity contribution in [2.24, 2.45) is 5.92 Å². The van der Waals surface area contributed by atoms with E-state index in [1.807, 2.05) is 0 Å². The van der Waals surface area contributed by atoms with Crippen LogP contribution in [0.1, 0.15) is 32.8 Å². The van der Waals surface area contributed by atoms with Crippen molar-refractivity contribution in [2.45, 2.75) is 33.6 Å². The van der Waals surface area contributed by atoms with E-state index < -0.39 is 0 Å². The Morgan fingerprint density at radius 1 is 1.14 bits per heavy atom. The second-order valence-electron chi connectivity index (χ2n) is 4.09. The third-order valence-corrected chi connectivity index (χ3v) is 2.04. The van der Waals surface area contributed by atoms with E-state index in [1.54, 1.807) is 0 Å². The van der Waals surface area contributed by atoms with Crippen molar-refractivity contribution < 1.29 is 4.74 Å². The molecule has 1 aromatic rings. The van der Waals surface area contributed by atoms with Gasteiger partial charge in [0.1, 0.15) is 5.75 Å². The normalized spacial score (nSPS) is 10.6. The van der Waals surface area contributed by atoms with Crippen LogP contribution in [0.25, 0.3) is 0 Å².